The Hall–Kier alpha value is -4.02. The van der Waals surface area contributed by atoms with Crippen LogP contribution in [-0.2, 0) is 7.05 Å². The van der Waals surface area contributed by atoms with Crippen molar-refractivity contribution in [1.82, 2.24) is 24.5 Å². The summed E-state index contributed by atoms with van der Waals surface area (Å²) in [5.41, 5.74) is 5.04. The molecule has 1 N–H and O–H groups in total. The molecule has 1 aromatic carbocycles. The van der Waals surface area contributed by atoms with Crippen LogP contribution in [0.5, 0.6) is 0 Å². The van der Waals surface area contributed by atoms with Crippen molar-refractivity contribution < 1.29 is 0 Å². The van der Waals surface area contributed by atoms with Crippen LogP contribution in [0.15, 0.2) is 53.5 Å². The average molecular weight is 427 g/mol. The van der Waals surface area contributed by atoms with E-state index in [2.05, 4.69) is 21.0 Å². The van der Waals surface area contributed by atoms with Gasteiger partial charge in [0.05, 0.1) is 22.5 Å². The summed E-state index contributed by atoms with van der Waals surface area (Å²) in [6, 6.07) is 14.8. The van der Waals surface area contributed by atoms with Gasteiger partial charge in [0.15, 0.2) is 11.2 Å². The zero-order valence-electron chi connectivity index (χ0n) is 16.6. The molecule has 0 atom stereocenters. The van der Waals surface area contributed by atoms with Gasteiger partial charge in [-0.1, -0.05) is 23.7 Å². The van der Waals surface area contributed by atoms with E-state index in [9.17, 15) is 10.1 Å². The van der Waals surface area contributed by atoms with Crippen LogP contribution >= 0.6 is 11.6 Å². The summed E-state index contributed by atoms with van der Waals surface area (Å²) in [6.45, 7) is 1.84. The molecule has 0 aliphatic rings. The summed E-state index contributed by atoms with van der Waals surface area (Å²) in [4.78, 5) is 29.1. The van der Waals surface area contributed by atoms with Crippen LogP contribution in [-0.4, -0.2) is 24.5 Å². The van der Waals surface area contributed by atoms with Crippen LogP contribution in [0.4, 0.5) is 0 Å². The summed E-state index contributed by atoms with van der Waals surface area (Å²) >= 11 is 6.21. The molecular formula is C23H15ClN6O. The van der Waals surface area contributed by atoms with E-state index in [-0.39, 0.29) is 10.9 Å². The van der Waals surface area contributed by atoms with Crippen molar-refractivity contribution >= 4 is 33.7 Å². The Balaban J connectivity index is 1.91. The minimum atomic E-state index is -0.227. The second-order valence-corrected chi connectivity index (χ2v) is 7.61. The number of H-pyrrole nitrogens is 1. The summed E-state index contributed by atoms with van der Waals surface area (Å²) in [7, 11) is 1.88. The molecule has 5 aromatic rings. The van der Waals surface area contributed by atoms with E-state index in [1.807, 2.05) is 42.8 Å². The second kappa shape index (κ2) is 7.04. The standard InChI is InChI=1S/C23H15ClN6O/c1-12-8-15(10-18(24)27-12)19-20(29-23-21(28-19)17(31)6-7-26-23)16-9-13-4-3-5-14(11-25)22(13)30(16)2/h3-10H,1-2H3,(H,26,29,31). The van der Waals surface area contributed by atoms with Crippen molar-refractivity contribution in [2.24, 2.45) is 7.05 Å². The lowest BCUT2D eigenvalue weighted by molar-refractivity contribution is 0.967. The molecular weight excluding hydrogens is 412 g/mol. The van der Waals surface area contributed by atoms with Gasteiger partial charge < -0.3 is 9.55 Å². The molecule has 5 rings (SSSR count). The van der Waals surface area contributed by atoms with Gasteiger partial charge in [-0.25, -0.2) is 15.0 Å². The first-order chi connectivity index (χ1) is 15.0. The Morgan fingerprint density at radius 3 is 2.71 bits per heavy atom. The SMILES string of the molecule is Cc1cc(-c2nc3c(=O)cc[nH]c3nc2-c2cc3cccc(C#N)c3n2C)cc(Cl)n1. The van der Waals surface area contributed by atoms with Crippen LogP contribution < -0.4 is 5.43 Å². The highest BCUT2D eigenvalue weighted by atomic mass is 35.5. The molecule has 0 amide bonds. The molecule has 7 nitrogen and oxygen atoms in total. The minimum Gasteiger partial charge on any atom is -0.345 e. The molecule has 0 saturated heterocycles. The lowest BCUT2D eigenvalue weighted by atomic mass is 10.1. The van der Waals surface area contributed by atoms with Crippen LogP contribution in [0.25, 0.3) is 44.7 Å². The molecule has 8 heteroatoms. The number of benzene rings is 1. The zero-order valence-corrected chi connectivity index (χ0v) is 17.4. The van der Waals surface area contributed by atoms with Gasteiger partial charge in [-0.2, -0.15) is 5.26 Å². The summed E-state index contributed by atoms with van der Waals surface area (Å²) in [5.74, 6) is 0. The number of hydrogen-bond acceptors (Lipinski definition) is 5. The molecule has 0 bridgehead atoms. The highest BCUT2D eigenvalue weighted by molar-refractivity contribution is 6.29. The van der Waals surface area contributed by atoms with Gasteiger partial charge in [-0.3, -0.25) is 4.79 Å². The number of pyridine rings is 2. The normalized spacial score (nSPS) is 11.2. The molecule has 0 aliphatic heterocycles. The highest BCUT2D eigenvalue weighted by Gasteiger charge is 2.20. The maximum atomic E-state index is 12.4. The lowest BCUT2D eigenvalue weighted by Crippen LogP contribution is -2.08. The van der Waals surface area contributed by atoms with E-state index in [1.54, 1.807) is 18.3 Å². The summed E-state index contributed by atoms with van der Waals surface area (Å²) in [6.07, 6.45) is 1.55. The molecule has 0 unspecified atom stereocenters. The Kier molecular flexibility index (Phi) is 4.31. The van der Waals surface area contributed by atoms with Gasteiger partial charge in [0, 0.05) is 36.0 Å². The fourth-order valence-electron chi connectivity index (χ4n) is 3.86. The van der Waals surface area contributed by atoms with Crippen LogP contribution in [0, 0.1) is 18.3 Å². The Labute approximate surface area is 181 Å². The number of aromatic amines is 1. The largest absolute Gasteiger partial charge is 0.345 e. The van der Waals surface area contributed by atoms with Gasteiger partial charge in [-0.15, -0.1) is 0 Å². The molecule has 4 aromatic heterocycles. The summed E-state index contributed by atoms with van der Waals surface area (Å²) < 4.78 is 1.92. The molecule has 150 valence electrons. The fraction of sp³-hybridized carbons (Fsp3) is 0.0870. The van der Waals surface area contributed by atoms with Gasteiger partial charge in [0.2, 0.25) is 5.43 Å². The van der Waals surface area contributed by atoms with E-state index in [0.717, 1.165) is 22.3 Å². The predicted octanol–water partition coefficient (Wildman–Crippen LogP) is 4.37. The molecule has 0 fully saturated rings. The first-order valence-corrected chi connectivity index (χ1v) is 9.87. The lowest BCUT2D eigenvalue weighted by Gasteiger charge is -2.12. The number of fused-ring (bicyclic) bond motifs is 2. The van der Waals surface area contributed by atoms with Crippen molar-refractivity contribution in [2.45, 2.75) is 6.92 Å². The van der Waals surface area contributed by atoms with Crippen LogP contribution in [0.1, 0.15) is 11.3 Å². The minimum absolute atomic E-state index is 0.227. The predicted molar refractivity (Wildman–Crippen MR) is 120 cm³/mol. The first kappa shape index (κ1) is 19.0. The van der Waals surface area contributed by atoms with E-state index in [0.29, 0.717) is 33.3 Å². The smallest absolute Gasteiger partial charge is 0.209 e. The Morgan fingerprint density at radius 2 is 1.94 bits per heavy atom. The van der Waals surface area contributed by atoms with Gasteiger partial charge in [0.25, 0.3) is 0 Å². The number of rotatable bonds is 2. The van der Waals surface area contributed by atoms with Crippen LogP contribution in [0.3, 0.4) is 0 Å². The molecule has 4 heterocycles. The number of aromatic nitrogens is 5. The van der Waals surface area contributed by atoms with Crippen molar-refractivity contribution in [3.63, 3.8) is 0 Å². The number of halogens is 1. The van der Waals surface area contributed by atoms with E-state index < -0.39 is 0 Å². The van der Waals surface area contributed by atoms with Gasteiger partial charge in [0.1, 0.15) is 16.9 Å². The quantitative estimate of drug-likeness (QED) is 0.422. The third kappa shape index (κ3) is 3.05. The topological polar surface area (TPSA) is 100 Å². The third-order valence-corrected chi connectivity index (χ3v) is 5.39. The van der Waals surface area contributed by atoms with Crippen molar-refractivity contribution in [2.75, 3.05) is 0 Å². The second-order valence-electron chi connectivity index (χ2n) is 7.22. The van der Waals surface area contributed by atoms with Crippen LogP contribution in [0.2, 0.25) is 5.15 Å². The van der Waals surface area contributed by atoms with Gasteiger partial charge >= 0.3 is 0 Å². The number of para-hydroxylation sites is 1. The fourth-order valence-corrected chi connectivity index (χ4v) is 4.11. The first-order valence-electron chi connectivity index (χ1n) is 9.49. The van der Waals surface area contributed by atoms with E-state index in [4.69, 9.17) is 16.6 Å². The van der Waals surface area contributed by atoms with Crippen molar-refractivity contribution in [1.29, 1.82) is 5.26 Å². The zero-order chi connectivity index (χ0) is 21.7. The monoisotopic (exact) mass is 426 g/mol. The summed E-state index contributed by atoms with van der Waals surface area (Å²) in [5, 5.41) is 10.8. The number of nitrogens with one attached hydrogen (secondary N) is 1. The molecule has 0 spiro atoms. The third-order valence-electron chi connectivity index (χ3n) is 5.20. The van der Waals surface area contributed by atoms with Crippen molar-refractivity contribution in [3.8, 4) is 28.7 Å². The van der Waals surface area contributed by atoms with E-state index in [1.165, 1.54) is 6.07 Å². The maximum absolute atomic E-state index is 12.4. The number of aryl methyl sites for hydroxylation is 2. The Bertz CT molecular complexity index is 1590. The Morgan fingerprint density at radius 1 is 1.10 bits per heavy atom. The number of nitrogens with zero attached hydrogens (tertiary/aromatic N) is 5. The molecule has 0 saturated carbocycles. The van der Waals surface area contributed by atoms with Gasteiger partial charge in [-0.05, 0) is 31.2 Å². The average Bonchev–Trinajstić information content (AvgIpc) is 3.09. The molecule has 0 radical (unpaired) electrons. The van der Waals surface area contributed by atoms with Crippen molar-refractivity contribution in [3.05, 3.63) is 75.3 Å². The van der Waals surface area contributed by atoms with E-state index >= 15 is 0 Å². The highest BCUT2D eigenvalue weighted by Crippen LogP contribution is 2.35. The maximum Gasteiger partial charge on any atom is 0.209 e. The number of nitriles is 1. The number of hydrogen-bond donors (Lipinski definition) is 1. The molecule has 31 heavy (non-hydrogen) atoms. The molecule has 0 aliphatic carbocycles.